The maximum Gasteiger partial charge on any atom is 0.165 e. The minimum Gasteiger partial charge on any atom is -0.549 e. The summed E-state index contributed by atoms with van der Waals surface area (Å²) in [7, 11) is 0. The van der Waals surface area contributed by atoms with E-state index in [4.69, 9.17) is 0 Å². The summed E-state index contributed by atoms with van der Waals surface area (Å²) < 4.78 is 0. The standard InChI is InChI=1S/C25H34O3/c1-16-11-12-20(25(4,5)17-9-7-6-8-10-17)19(15-16)21(23(27)28)18-13-14-24(2,3)22(18)26/h6-10,13,16,19-21H,11-12,14-15H2,1-5H3,(H,27,28)/p-1. The number of allylic oxidation sites excluding steroid dienone is 1. The number of ketones is 1. The molecule has 3 rings (SSSR count). The van der Waals surface area contributed by atoms with E-state index in [1.807, 2.05) is 38.1 Å². The first-order chi connectivity index (χ1) is 13.1. The van der Waals surface area contributed by atoms with Crippen LogP contribution in [0.25, 0.3) is 0 Å². The molecule has 1 aromatic rings. The van der Waals surface area contributed by atoms with Crippen LogP contribution in [0.3, 0.4) is 0 Å². The van der Waals surface area contributed by atoms with Crippen molar-refractivity contribution in [3.05, 3.63) is 47.5 Å². The van der Waals surface area contributed by atoms with Crippen LogP contribution in [0.2, 0.25) is 0 Å². The summed E-state index contributed by atoms with van der Waals surface area (Å²) in [4.78, 5) is 25.3. The van der Waals surface area contributed by atoms with Crippen molar-refractivity contribution in [2.24, 2.45) is 29.1 Å². The average molecular weight is 382 g/mol. The Morgan fingerprint density at radius 2 is 1.82 bits per heavy atom. The molecule has 4 unspecified atom stereocenters. The van der Waals surface area contributed by atoms with E-state index in [0.717, 1.165) is 19.3 Å². The van der Waals surface area contributed by atoms with Gasteiger partial charge in [0.25, 0.3) is 0 Å². The van der Waals surface area contributed by atoms with Crippen LogP contribution in [0.15, 0.2) is 42.0 Å². The van der Waals surface area contributed by atoms with Crippen LogP contribution in [0, 0.1) is 29.1 Å². The van der Waals surface area contributed by atoms with Gasteiger partial charge in [-0.05, 0) is 48.0 Å². The van der Waals surface area contributed by atoms with E-state index in [1.165, 1.54) is 5.56 Å². The zero-order chi connectivity index (χ0) is 20.7. The van der Waals surface area contributed by atoms with Crippen LogP contribution in [-0.4, -0.2) is 11.8 Å². The SMILES string of the molecule is CC1CCC(C(C)(C)c2ccccc2)C(C(C(=O)[O-])C2=CCC(C)(C)C2=O)C1. The molecule has 3 heteroatoms. The minimum absolute atomic E-state index is 0.0174. The fourth-order valence-electron chi connectivity index (χ4n) is 5.51. The number of hydrogen-bond acceptors (Lipinski definition) is 3. The number of carboxylic acid groups (broad SMARTS) is 1. The molecule has 0 aliphatic heterocycles. The Balaban J connectivity index is 2.01. The Morgan fingerprint density at radius 1 is 1.18 bits per heavy atom. The third-order valence-corrected chi connectivity index (χ3v) is 7.33. The van der Waals surface area contributed by atoms with Crippen molar-refractivity contribution in [1.29, 1.82) is 0 Å². The molecule has 2 aliphatic carbocycles. The van der Waals surface area contributed by atoms with Crippen LogP contribution in [-0.2, 0) is 15.0 Å². The summed E-state index contributed by atoms with van der Waals surface area (Å²) in [5, 5.41) is 12.4. The van der Waals surface area contributed by atoms with E-state index in [0.29, 0.717) is 17.9 Å². The first kappa shape index (κ1) is 20.8. The molecule has 28 heavy (non-hydrogen) atoms. The van der Waals surface area contributed by atoms with E-state index in [1.54, 1.807) is 0 Å². The molecule has 0 saturated heterocycles. The Kier molecular flexibility index (Phi) is 5.58. The highest BCUT2D eigenvalue weighted by Crippen LogP contribution is 2.51. The smallest absolute Gasteiger partial charge is 0.165 e. The lowest BCUT2D eigenvalue weighted by Gasteiger charge is -2.48. The number of aliphatic carboxylic acids is 1. The number of carbonyl (C=O) groups is 2. The number of Topliss-reactive ketones (excluding diaryl/α,β-unsaturated/α-hetero) is 1. The van der Waals surface area contributed by atoms with Crippen LogP contribution < -0.4 is 5.11 Å². The van der Waals surface area contributed by atoms with Gasteiger partial charge in [0.15, 0.2) is 5.78 Å². The number of carboxylic acids is 1. The molecule has 4 atom stereocenters. The quantitative estimate of drug-likeness (QED) is 0.764. The summed E-state index contributed by atoms with van der Waals surface area (Å²) in [5.41, 5.74) is 1.03. The molecule has 0 radical (unpaired) electrons. The Labute approximate surface area is 169 Å². The van der Waals surface area contributed by atoms with Crippen molar-refractivity contribution < 1.29 is 14.7 Å². The van der Waals surface area contributed by atoms with Gasteiger partial charge in [-0.15, -0.1) is 0 Å². The number of carbonyl (C=O) groups excluding carboxylic acids is 2. The van der Waals surface area contributed by atoms with Crippen molar-refractivity contribution in [1.82, 2.24) is 0 Å². The summed E-state index contributed by atoms with van der Waals surface area (Å²) in [5.74, 6) is -1.37. The maximum atomic E-state index is 13.0. The molecule has 152 valence electrons. The highest BCUT2D eigenvalue weighted by atomic mass is 16.4. The third kappa shape index (κ3) is 3.68. The highest BCUT2D eigenvalue weighted by molar-refractivity contribution is 6.05. The Morgan fingerprint density at radius 3 is 2.36 bits per heavy atom. The first-order valence-electron chi connectivity index (χ1n) is 10.6. The fourth-order valence-corrected chi connectivity index (χ4v) is 5.51. The van der Waals surface area contributed by atoms with Crippen molar-refractivity contribution in [2.45, 2.75) is 65.7 Å². The van der Waals surface area contributed by atoms with Gasteiger partial charge < -0.3 is 9.90 Å². The van der Waals surface area contributed by atoms with Crippen molar-refractivity contribution in [2.75, 3.05) is 0 Å². The average Bonchev–Trinajstić information content (AvgIpc) is 2.89. The topological polar surface area (TPSA) is 57.2 Å². The first-order valence-corrected chi connectivity index (χ1v) is 10.6. The minimum atomic E-state index is -1.09. The Hall–Kier alpha value is -1.90. The van der Waals surface area contributed by atoms with Gasteiger partial charge >= 0.3 is 0 Å². The van der Waals surface area contributed by atoms with Gasteiger partial charge in [0.1, 0.15) is 0 Å². The summed E-state index contributed by atoms with van der Waals surface area (Å²) in [6, 6.07) is 10.4. The summed E-state index contributed by atoms with van der Waals surface area (Å²) >= 11 is 0. The molecule has 2 aliphatic rings. The van der Waals surface area contributed by atoms with Gasteiger partial charge in [0.2, 0.25) is 0 Å². The third-order valence-electron chi connectivity index (χ3n) is 7.33. The molecule has 0 bridgehead atoms. The molecule has 0 amide bonds. The predicted octanol–water partition coefficient (Wildman–Crippen LogP) is 4.31. The molecule has 0 heterocycles. The zero-order valence-corrected chi connectivity index (χ0v) is 17.8. The van der Waals surface area contributed by atoms with E-state index in [9.17, 15) is 14.7 Å². The molecule has 0 N–H and O–H groups in total. The Bertz CT molecular complexity index is 772. The number of rotatable bonds is 5. The van der Waals surface area contributed by atoms with Crippen molar-refractivity contribution in [3.63, 3.8) is 0 Å². The second-order valence-corrected chi connectivity index (χ2v) is 10.1. The number of hydrogen-bond donors (Lipinski definition) is 0. The largest absolute Gasteiger partial charge is 0.549 e. The number of benzene rings is 1. The summed E-state index contributed by atoms with van der Waals surface area (Å²) in [6.07, 6.45) is 5.37. The zero-order valence-electron chi connectivity index (χ0n) is 17.8. The summed E-state index contributed by atoms with van der Waals surface area (Å²) in [6.45, 7) is 10.4. The fraction of sp³-hybridized carbons (Fsp3) is 0.600. The lowest BCUT2D eigenvalue weighted by molar-refractivity contribution is -0.312. The van der Waals surface area contributed by atoms with E-state index < -0.39 is 17.3 Å². The van der Waals surface area contributed by atoms with Gasteiger partial charge in [-0.2, -0.15) is 0 Å². The van der Waals surface area contributed by atoms with Crippen LogP contribution in [0.1, 0.15) is 65.9 Å². The maximum absolute atomic E-state index is 13.0. The molecule has 0 spiro atoms. The second-order valence-electron chi connectivity index (χ2n) is 10.1. The van der Waals surface area contributed by atoms with Crippen LogP contribution >= 0.6 is 0 Å². The van der Waals surface area contributed by atoms with Crippen molar-refractivity contribution in [3.8, 4) is 0 Å². The van der Waals surface area contributed by atoms with E-state index in [-0.39, 0.29) is 23.0 Å². The van der Waals surface area contributed by atoms with Gasteiger partial charge in [-0.1, -0.05) is 77.4 Å². The molecule has 0 aromatic heterocycles. The molecular weight excluding hydrogens is 348 g/mol. The highest BCUT2D eigenvalue weighted by Gasteiger charge is 2.47. The lowest BCUT2D eigenvalue weighted by atomic mass is 9.57. The molecule has 1 saturated carbocycles. The van der Waals surface area contributed by atoms with Gasteiger partial charge in [0, 0.05) is 22.9 Å². The normalized spacial score (nSPS) is 28.7. The predicted molar refractivity (Wildman–Crippen MR) is 109 cm³/mol. The van der Waals surface area contributed by atoms with Gasteiger partial charge in [0.05, 0.1) is 0 Å². The molecule has 1 fully saturated rings. The van der Waals surface area contributed by atoms with Gasteiger partial charge in [-0.25, -0.2) is 0 Å². The lowest BCUT2D eigenvalue weighted by Crippen LogP contribution is -2.48. The van der Waals surface area contributed by atoms with Crippen molar-refractivity contribution >= 4 is 11.8 Å². The molecule has 3 nitrogen and oxygen atoms in total. The molecular formula is C25H33O3-. The van der Waals surface area contributed by atoms with E-state index >= 15 is 0 Å². The second kappa shape index (κ2) is 7.50. The van der Waals surface area contributed by atoms with Gasteiger partial charge in [-0.3, -0.25) is 4.79 Å². The monoisotopic (exact) mass is 381 g/mol. The molecule has 1 aromatic carbocycles. The van der Waals surface area contributed by atoms with Crippen LogP contribution in [0.4, 0.5) is 0 Å². The van der Waals surface area contributed by atoms with Crippen LogP contribution in [0.5, 0.6) is 0 Å². The van der Waals surface area contributed by atoms with E-state index in [2.05, 4.69) is 32.9 Å².